The molecule has 0 aromatic heterocycles. The molecule has 0 fully saturated rings. The van der Waals surface area contributed by atoms with Crippen molar-refractivity contribution in [3.8, 4) is 6.07 Å². The SMILES string of the molecule is CCOC(=O)C(C)c1c[c]c(Cl)cc1C#N. The first-order valence-electron chi connectivity index (χ1n) is 4.88. The molecule has 0 saturated carbocycles. The van der Waals surface area contributed by atoms with E-state index in [1.54, 1.807) is 19.9 Å². The van der Waals surface area contributed by atoms with Crippen LogP contribution in [0.25, 0.3) is 0 Å². The molecule has 0 aliphatic carbocycles. The molecule has 1 aromatic carbocycles. The highest BCUT2D eigenvalue weighted by atomic mass is 35.5. The molecule has 16 heavy (non-hydrogen) atoms. The molecular weight excluding hydrogens is 226 g/mol. The lowest BCUT2D eigenvalue weighted by molar-refractivity contribution is -0.144. The minimum absolute atomic E-state index is 0.322. The minimum atomic E-state index is -0.483. The monoisotopic (exact) mass is 236 g/mol. The van der Waals surface area contributed by atoms with Gasteiger partial charge in [0.15, 0.2) is 0 Å². The molecule has 0 spiro atoms. The Labute approximate surface area is 99.6 Å². The van der Waals surface area contributed by atoms with Crippen LogP contribution in [0.2, 0.25) is 5.02 Å². The van der Waals surface area contributed by atoms with Gasteiger partial charge >= 0.3 is 5.97 Å². The number of rotatable bonds is 3. The van der Waals surface area contributed by atoms with Gasteiger partial charge in [0.2, 0.25) is 0 Å². The summed E-state index contributed by atoms with van der Waals surface area (Å²) in [6.07, 6.45) is 0. The average Bonchev–Trinajstić information content (AvgIpc) is 2.28. The number of ether oxygens (including phenoxy) is 1. The molecule has 1 radical (unpaired) electrons. The van der Waals surface area contributed by atoms with Crippen LogP contribution in [0.15, 0.2) is 12.1 Å². The van der Waals surface area contributed by atoms with E-state index in [1.165, 1.54) is 6.07 Å². The molecular formula is C12H11ClNO2. The van der Waals surface area contributed by atoms with E-state index < -0.39 is 5.92 Å². The standard InChI is InChI=1S/C12H11ClNO2/c1-3-16-12(15)8(2)11-5-4-10(13)6-9(11)7-14/h5-6,8H,3H2,1-2H3. The lowest BCUT2D eigenvalue weighted by atomic mass is 9.96. The van der Waals surface area contributed by atoms with Crippen LogP contribution in [-0.4, -0.2) is 12.6 Å². The van der Waals surface area contributed by atoms with Crippen LogP contribution < -0.4 is 0 Å². The summed E-state index contributed by atoms with van der Waals surface area (Å²) >= 11 is 5.72. The third kappa shape index (κ3) is 2.74. The lowest BCUT2D eigenvalue weighted by Crippen LogP contribution is -2.14. The second kappa shape index (κ2) is 5.53. The van der Waals surface area contributed by atoms with Crippen molar-refractivity contribution >= 4 is 17.6 Å². The van der Waals surface area contributed by atoms with Gasteiger partial charge in [0, 0.05) is 11.1 Å². The number of nitriles is 1. The van der Waals surface area contributed by atoms with E-state index in [9.17, 15) is 4.79 Å². The summed E-state index contributed by atoms with van der Waals surface area (Å²) in [6, 6.07) is 7.81. The van der Waals surface area contributed by atoms with Crippen molar-refractivity contribution < 1.29 is 9.53 Å². The van der Waals surface area contributed by atoms with Crippen LogP contribution in [0.5, 0.6) is 0 Å². The second-order valence-electron chi connectivity index (χ2n) is 3.24. The van der Waals surface area contributed by atoms with Gasteiger partial charge in [0.25, 0.3) is 0 Å². The molecule has 0 amide bonds. The van der Waals surface area contributed by atoms with Crippen LogP contribution in [0, 0.1) is 17.4 Å². The first kappa shape index (κ1) is 12.5. The predicted octanol–water partition coefficient (Wildman–Crippen LogP) is 2.68. The maximum absolute atomic E-state index is 11.5. The largest absolute Gasteiger partial charge is 0.466 e. The fourth-order valence-electron chi connectivity index (χ4n) is 1.33. The van der Waals surface area contributed by atoms with Crippen molar-refractivity contribution in [2.24, 2.45) is 0 Å². The number of hydrogen-bond donors (Lipinski definition) is 0. The minimum Gasteiger partial charge on any atom is -0.466 e. The summed E-state index contributed by atoms with van der Waals surface area (Å²) in [5.74, 6) is -0.835. The maximum atomic E-state index is 11.5. The van der Waals surface area contributed by atoms with Gasteiger partial charge in [-0.15, -0.1) is 0 Å². The summed E-state index contributed by atoms with van der Waals surface area (Å²) in [7, 11) is 0. The van der Waals surface area contributed by atoms with Crippen molar-refractivity contribution in [3.63, 3.8) is 0 Å². The molecule has 0 saturated heterocycles. The van der Waals surface area contributed by atoms with Crippen molar-refractivity contribution in [2.45, 2.75) is 19.8 Å². The fourth-order valence-corrected chi connectivity index (χ4v) is 1.49. The van der Waals surface area contributed by atoms with Crippen LogP contribution in [0.3, 0.4) is 0 Å². The molecule has 1 atom stereocenters. The Balaban J connectivity index is 3.04. The fraction of sp³-hybridized carbons (Fsp3) is 0.333. The first-order chi connectivity index (χ1) is 7.60. The molecule has 1 rings (SSSR count). The van der Waals surface area contributed by atoms with Crippen molar-refractivity contribution in [3.05, 3.63) is 34.3 Å². The van der Waals surface area contributed by atoms with E-state index >= 15 is 0 Å². The van der Waals surface area contributed by atoms with Crippen LogP contribution >= 0.6 is 11.6 Å². The Bertz CT molecular complexity index is 437. The topological polar surface area (TPSA) is 50.1 Å². The molecule has 4 heteroatoms. The van der Waals surface area contributed by atoms with E-state index in [0.29, 0.717) is 22.8 Å². The highest BCUT2D eigenvalue weighted by molar-refractivity contribution is 6.30. The van der Waals surface area contributed by atoms with E-state index in [1.807, 2.05) is 6.07 Å². The quantitative estimate of drug-likeness (QED) is 0.758. The predicted molar refractivity (Wildman–Crippen MR) is 60.1 cm³/mol. The Kier molecular flexibility index (Phi) is 4.33. The van der Waals surface area contributed by atoms with Gasteiger partial charge < -0.3 is 4.74 Å². The van der Waals surface area contributed by atoms with Crippen LogP contribution in [0.4, 0.5) is 0 Å². The van der Waals surface area contributed by atoms with Gasteiger partial charge in [-0.25, -0.2) is 0 Å². The van der Waals surface area contributed by atoms with E-state index in [2.05, 4.69) is 6.07 Å². The Hall–Kier alpha value is -1.53. The summed E-state index contributed by atoms with van der Waals surface area (Å²) in [6.45, 7) is 3.75. The number of carbonyl (C=O) groups is 1. The molecule has 1 aromatic rings. The lowest BCUT2D eigenvalue weighted by Gasteiger charge is -2.12. The normalized spacial score (nSPS) is 11.6. The van der Waals surface area contributed by atoms with Crippen molar-refractivity contribution in [1.29, 1.82) is 5.26 Å². The molecule has 0 aliphatic heterocycles. The van der Waals surface area contributed by atoms with Crippen LogP contribution in [0.1, 0.15) is 30.9 Å². The molecule has 3 nitrogen and oxygen atoms in total. The average molecular weight is 237 g/mol. The Morgan fingerprint density at radius 1 is 1.75 bits per heavy atom. The van der Waals surface area contributed by atoms with Gasteiger partial charge in [-0.05, 0) is 31.5 Å². The second-order valence-corrected chi connectivity index (χ2v) is 3.64. The zero-order valence-corrected chi connectivity index (χ0v) is 9.84. The maximum Gasteiger partial charge on any atom is 0.313 e. The smallest absolute Gasteiger partial charge is 0.313 e. The van der Waals surface area contributed by atoms with Gasteiger partial charge in [-0.1, -0.05) is 11.6 Å². The highest BCUT2D eigenvalue weighted by Gasteiger charge is 2.19. The first-order valence-corrected chi connectivity index (χ1v) is 5.25. The molecule has 0 heterocycles. The molecule has 1 unspecified atom stereocenters. The Morgan fingerprint density at radius 2 is 2.44 bits per heavy atom. The zero-order valence-electron chi connectivity index (χ0n) is 9.08. The van der Waals surface area contributed by atoms with Gasteiger partial charge in [-0.3, -0.25) is 4.79 Å². The Morgan fingerprint density at radius 3 is 3.00 bits per heavy atom. The number of esters is 1. The number of halogens is 1. The summed E-state index contributed by atoms with van der Waals surface area (Å²) < 4.78 is 4.89. The molecule has 83 valence electrons. The zero-order chi connectivity index (χ0) is 12.1. The number of nitrogens with zero attached hydrogens (tertiary/aromatic N) is 1. The number of benzene rings is 1. The van der Waals surface area contributed by atoms with E-state index in [4.69, 9.17) is 21.6 Å². The van der Waals surface area contributed by atoms with Crippen molar-refractivity contribution in [2.75, 3.05) is 6.61 Å². The number of carbonyl (C=O) groups excluding carboxylic acids is 1. The summed E-state index contributed by atoms with van der Waals surface area (Å²) in [5.41, 5.74) is 0.967. The van der Waals surface area contributed by atoms with E-state index in [-0.39, 0.29) is 5.97 Å². The van der Waals surface area contributed by atoms with Gasteiger partial charge in [0.05, 0.1) is 24.2 Å². The van der Waals surface area contributed by atoms with Gasteiger partial charge in [0.1, 0.15) is 0 Å². The molecule has 0 bridgehead atoms. The van der Waals surface area contributed by atoms with E-state index in [0.717, 1.165) is 0 Å². The summed E-state index contributed by atoms with van der Waals surface area (Å²) in [4.78, 5) is 11.5. The van der Waals surface area contributed by atoms with Crippen molar-refractivity contribution in [1.82, 2.24) is 0 Å². The van der Waals surface area contributed by atoms with Gasteiger partial charge in [-0.2, -0.15) is 5.26 Å². The molecule has 0 N–H and O–H groups in total. The number of hydrogen-bond acceptors (Lipinski definition) is 3. The third-order valence-electron chi connectivity index (χ3n) is 2.17. The summed E-state index contributed by atoms with van der Waals surface area (Å²) in [5, 5.41) is 9.29. The highest BCUT2D eigenvalue weighted by Crippen LogP contribution is 2.23. The molecule has 0 aliphatic rings. The van der Waals surface area contributed by atoms with Crippen LogP contribution in [-0.2, 0) is 9.53 Å². The third-order valence-corrected chi connectivity index (χ3v) is 2.39.